The number of aromatic nitrogens is 2. The number of halogens is 8. The van der Waals surface area contributed by atoms with Crippen molar-refractivity contribution in [1.29, 1.82) is 10.5 Å². The number of anilines is 3. The van der Waals surface area contributed by atoms with Crippen molar-refractivity contribution in [1.82, 2.24) is 15.3 Å². The van der Waals surface area contributed by atoms with Crippen LogP contribution in [0.2, 0.25) is 5.28 Å². The molecule has 0 radical (unpaired) electrons. The Morgan fingerprint density at radius 3 is 1.85 bits per heavy atom. The van der Waals surface area contributed by atoms with Crippen molar-refractivity contribution >= 4 is 41.2 Å². The van der Waals surface area contributed by atoms with Crippen LogP contribution in [0, 0.1) is 22.7 Å². The number of alkyl halides is 6. The molecule has 0 aliphatic carbocycles. The minimum absolute atomic E-state index is 0. The van der Waals surface area contributed by atoms with Gasteiger partial charge < -0.3 is 20.0 Å². The summed E-state index contributed by atoms with van der Waals surface area (Å²) in [6.07, 6.45) is -5.81. The van der Waals surface area contributed by atoms with Crippen molar-refractivity contribution < 1.29 is 26.3 Å². The maximum atomic E-state index is 13.3. The van der Waals surface area contributed by atoms with E-state index >= 15 is 0 Å². The first-order valence-corrected chi connectivity index (χ1v) is 15.4. The van der Waals surface area contributed by atoms with Gasteiger partial charge in [-0.05, 0) is 87.3 Å². The second-order valence-electron chi connectivity index (χ2n) is 11.0. The molecule has 16 heteroatoms. The molecule has 0 amide bonds. The molecule has 258 valence electrons. The van der Waals surface area contributed by atoms with Crippen molar-refractivity contribution in [2.75, 3.05) is 54.0 Å². The molecule has 2 aliphatic heterocycles. The summed E-state index contributed by atoms with van der Waals surface area (Å²) in [5.74, 6) is 0.698. The van der Waals surface area contributed by atoms with Crippen molar-refractivity contribution in [3.63, 3.8) is 0 Å². The van der Waals surface area contributed by atoms with E-state index in [1.807, 2.05) is 28.5 Å². The number of rotatable bonds is 7. The minimum Gasteiger partial charge on any atom is -0.367 e. The van der Waals surface area contributed by atoms with Gasteiger partial charge in [-0.3, -0.25) is 0 Å². The third-order valence-electron chi connectivity index (χ3n) is 8.22. The number of nitrogens with zero attached hydrogens (tertiary/aromatic N) is 7. The van der Waals surface area contributed by atoms with Gasteiger partial charge >= 0.3 is 12.4 Å². The van der Waals surface area contributed by atoms with Crippen LogP contribution in [-0.2, 0) is 12.4 Å². The summed E-state index contributed by atoms with van der Waals surface area (Å²) >= 11 is 5.84. The van der Waals surface area contributed by atoms with Gasteiger partial charge in [0.15, 0.2) is 0 Å². The Kier molecular flexibility index (Phi) is 13.2. The van der Waals surface area contributed by atoms with E-state index in [0.29, 0.717) is 36.8 Å². The average Bonchev–Trinajstić information content (AvgIpc) is 3.75. The molecule has 2 aliphatic rings. The molecule has 2 atom stereocenters. The Balaban J connectivity index is 0.000000266. The van der Waals surface area contributed by atoms with Crippen LogP contribution in [0.15, 0.2) is 48.7 Å². The first-order chi connectivity index (χ1) is 22.3. The molecule has 0 unspecified atom stereocenters. The van der Waals surface area contributed by atoms with Gasteiger partial charge in [-0.25, -0.2) is 9.97 Å². The lowest BCUT2D eigenvalue weighted by atomic mass is 10.1. The fraction of sp³-hybridized carbons (Fsp3) is 0.438. The van der Waals surface area contributed by atoms with E-state index in [2.05, 4.69) is 15.3 Å². The molecular formula is C32H34Cl2F6N8. The SMILES string of the molecule is CCN(c1ccc(C#N)c(C(F)(F)F)c1)[C@H]1CCN(c2ccnc(Cl)n2)C1.CCN(c1ccc(C#N)c(C(F)(F)F)c1)[C@H]1CCNC1.Cl. The molecule has 1 aromatic heterocycles. The topological polar surface area (TPSA) is 95.1 Å². The first-order valence-electron chi connectivity index (χ1n) is 15.0. The smallest absolute Gasteiger partial charge is 0.367 e. The van der Waals surface area contributed by atoms with Gasteiger partial charge in [-0.2, -0.15) is 36.9 Å². The molecule has 3 aromatic rings. The molecule has 48 heavy (non-hydrogen) atoms. The molecule has 1 N–H and O–H groups in total. The van der Waals surface area contributed by atoms with Gasteiger partial charge in [-0.1, -0.05) is 0 Å². The van der Waals surface area contributed by atoms with E-state index in [9.17, 15) is 26.3 Å². The monoisotopic (exact) mass is 714 g/mol. The summed E-state index contributed by atoms with van der Waals surface area (Å²) in [4.78, 5) is 14.0. The van der Waals surface area contributed by atoms with Crippen molar-refractivity contribution in [3.05, 3.63) is 76.2 Å². The zero-order valence-corrected chi connectivity index (χ0v) is 27.7. The van der Waals surface area contributed by atoms with Crippen LogP contribution in [0.4, 0.5) is 43.5 Å². The first kappa shape index (κ1) is 38.5. The molecule has 2 aromatic carbocycles. The summed E-state index contributed by atoms with van der Waals surface area (Å²) in [6, 6.07) is 13.0. The van der Waals surface area contributed by atoms with Crippen LogP contribution in [0.25, 0.3) is 0 Å². The quantitative estimate of drug-likeness (QED) is 0.201. The van der Waals surface area contributed by atoms with Crippen LogP contribution >= 0.6 is 24.0 Å². The second kappa shape index (κ2) is 16.4. The molecule has 3 heterocycles. The van der Waals surface area contributed by atoms with Crippen molar-refractivity contribution in [3.8, 4) is 12.1 Å². The van der Waals surface area contributed by atoms with Gasteiger partial charge in [0.05, 0.1) is 34.4 Å². The lowest BCUT2D eigenvalue weighted by Gasteiger charge is -2.31. The van der Waals surface area contributed by atoms with Crippen LogP contribution in [-0.4, -0.2) is 61.3 Å². The van der Waals surface area contributed by atoms with E-state index < -0.39 is 23.5 Å². The Morgan fingerprint density at radius 1 is 0.875 bits per heavy atom. The predicted molar refractivity (Wildman–Crippen MR) is 175 cm³/mol. The fourth-order valence-electron chi connectivity index (χ4n) is 6.00. The number of nitriles is 2. The molecule has 2 fully saturated rings. The number of benzene rings is 2. The maximum absolute atomic E-state index is 13.3. The highest BCUT2D eigenvalue weighted by atomic mass is 35.5. The molecule has 8 nitrogen and oxygen atoms in total. The normalized spacial score (nSPS) is 17.4. The zero-order chi connectivity index (χ0) is 34.4. The standard InChI is InChI=1S/C18H17ClF3N5.C14H16F3N3.ClH/c1-2-27(13-4-3-12(10-23)15(9-13)18(20,21)22)14-6-8-26(11-14)16-5-7-24-17(19)25-16;1-2-20(12-5-6-19-9-12)11-4-3-10(8-18)13(7-11)14(15,16)17;/h3-5,7,9,14H,2,6,8,11H2,1H3;3-4,7,12,19H,2,5-6,9H2,1H3;1H/t14-;12-;/m00./s1. The summed E-state index contributed by atoms with van der Waals surface area (Å²) in [6.45, 7) is 7.99. The van der Waals surface area contributed by atoms with Crippen LogP contribution < -0.4 is 20.0 Å². The number of likely N-dealkylation sites (N-methyl/N-ethyl adjacent to an activating group) is 2. The maximum Gasteiger partial charge on any atom is 0.417 e. The Hall–Kier alpha value is -3.98. The highest BCUT2D eigenvalue weighted by Crippen LogP contribution is 2.37. The lowest BCUT2D eigenvalue weighted by Crippen LogP contribution is -2.38. The summed E-state index contributed by atoms with van der Waals surface area (Å²) in [5.41, 5.74) is -1.49. The highest BCUT2D eigenvalue weighted by Gasteiger charge is 2.36. The van der Waals surface area contributed by atoms with E-state index in [-0.39, 0.29) is 40.9 Å². The van der Waals surface area contributed by atoms with Gasteiger partial charge in [0.25, 0.3) is 0 Å². The zero-order valence-electron chi connectivity index (χ0n) is 26.1. The Labute approximate surface area is 286 Å². The van der Waals surface area contributed by atoms with E-state index in [1.54, 1.807) is 36.5 Å². The molecular weight excluding hydrogens is 681 g/mol. The number of hydrogen-bond acceptors (Lipinski definition) is 8. The number of nitrogens with one attached hydrogen (secondary N) is 1. The summed E-state index contributed by atoms with van der Waals surface area (Å²) < 4.78 is 78.8. The van der Waals surface area contributed by atoms with Gasteiger partial charge in [0.1, 0.15) is 5.82 Å². The third-order valence-corrected chi connectivity index (χ3v) is 8.40. The number of hydrogen-bond donors (Lipinski definition) is 1. The van der Waals surface area contributed by atoms with E-state index in [0.717, 1.165) is 44.6 Å². The van der Waals surface area contributed by atoms with Crippen molar-refractivity contribution in [2.24, 2.45) is 0 Å². The van der Waals surface area contributed by atoms with E-state index in [4.69, 9.17) is 22.1 Å². The lowest BCUT2D eigenvalue weighted by molar-refractivity contribution is -0.138. The van der Waals surface area contributed by atoms with Gasteiger partial charge in [0.2, 0.25) is 5.28 Å². The highest BCUT2D eigenvalue weighted by molar-refractivity contribution is 6.28. The second-order valence-corrected chi connectivity index (χ2v) is 11.3. The molecule has 0 saturated carbocycles. The molecule has 5 rings (SSSR count). The van der Waals surface area contributed by atoms with Gasteiger partial charge in [0, 0.05) is 62.4 Å². The van der Waals surface area contributed by atoms with E-state index in [1.165, 1.54) is 12.1 Å². The summed E-state index contributed by atoms with van der Waals surface area (Å²) in [7, 11) is 0. The van der Waals surface area contributed by atoms with Crippen LogP contribution in [0.5, 0.6) is 0 Å². The van der Waals surface area contributed by atoms with Gasteiger partial charge in [-0.15, -0.1) is 12.4 Å². The van der Waals surface area contributed by atoms with Crippen molar-refractivity contribution in [2.45, 2.75) is 51.1 Å². The average molecular weight is 716 g/mol. The largest absolute Gasteiger partial charge is 0.417 e. The summed E-state index contributed by atoms with van der Waals surface area (Å²) in [5, 5.41) is 21.1. The molecule has 2 saturated heterocycles. The fourth-order valence-corrected chi connectivity index (χ4v) is 6.14. The third kappa shape index (κ3) is 9.13. The Morgan fingerprint density at radius 2 is 1.42 bits per heavy atom. The predicted octanol–water partition coefficient (Wildman–Crippen LogP) is 7.31. The minimum atomic E-state index is -4.57. The molecule has 0 bridgehead atoms. The molecule has 0 spiro atoms. The Bertz CT molecular complexity index is 1620. The van der Waals surface area contributed by atoms with Crippen LogP contribution in [0.3, 0.4) is 0 Å². The van der Waals surface area contributed by atoms with Crippen LogP contribution in [0.1, 0.15) is 48.9 Å².